The van der Waals surface area contributed by atoms with Crippen LogP contribution >= 0.6 is 11.8 Å². The number of urea groups is 1. The van der Waals surface area contributed by atoms with Gasteiger partial charge in [-0.1, -0.05) is 17.8 Å². The highest BCUT2D eigenvalue weighted by Gasteiger charge is 2.31. The second-order valence-corrected chi connectivity index (χ2v) is 6.19. The van der Waals surface area contributed by atoms with Crippen molar-refractivity contribution in [1.82, 2.24) is 4.90 Å². The number of amides is 2. The maximum Gasteiger partial charge on any atom is 0.321 e. The first-order valence-electron chi connectivity index (χ1n) is 6.71. The molecule has 0 radical (unpaired) electrons. The zero-order valence-electron chi connectivity index (χ0n) is 11.6. The van der Waals surface area contributed by atoms with Crippen LogP contribution < -0.4 is 5.32 Å². The summed E-state index contributed by atoms with van der Waals surface area (Å²) in [4.78, 5) is 13.8. The van der Waals surface area contributed by atoms with E-state index in [1.54, 1.807) is 25.2 Å². The van der Waals surface area contributed by atoms with Crippen LogP contribution in [0, 0.1) is 5.92 Å². The van der Waals surface area contributed by atoms with Crippen molar-refractivity contribution in [3.63, 3.8) is 0 Å². The van der Waals surface area contributed by atoms with Crippen LogP contribution in [0.1, 0.15) is 12.8 Å². The van der Waals surface area contributed by atoms with Crippen molar-refractivity contribution in [3.05, 3.63) is 24.3 Å². The molecule has 1 aliphatic rings. The molecule has 0 aromatic heterocycles. The van der Waals surface area contributed by atoms with Gasteiger partial charge in [0.1, 0.15) is 0 Å². The van der Waals surface area contributed by atoms with Crippen LogP contribution in [0.15, 0.2) is 29.2 Å². The van der Waals surface area contributed by atoms with Crippen molar-refractivity contribution in [2.24, 2.45) is 5.92 Å². The van der Waals surface area contributed by atoms with Gasteiger partial charge in [0.15, 0.2) is 0 Å². The van der Waals surface area contributed by atoms with Crippen LogP contribution in [0.2, 0.25) is 0 Å². The maximum absolute atomic E-state index is 12.3. The molecular weight excluding hydrogens is 298 g/mol. The van der Waals surface area contributed by atoms with E-state index in [9.17, 15) is 18.7 Å². The molecule has 0 heterocycles. The zero-order chi connectivity index (χ0) is 15.4. The van der Waals surface area contributed by atoms with Crippen molar-refractivity contribution in [2.45, 2.75) is 29.6 Å². The number of benzene rings is 1. The standard InChI is InChI=1S/C14H18F2N2O2S/c1-18(8-12(19)9-5-6-9)14(20)17-10-3-2-4-11(7-10)21-13(15)16/h2-4,7,9,12-13,19H,5-6,8H2,1H3,(H,17,20). The van der Waals surface area contributed by atoms with E-state index in [4.69, 9.17) is 0 Å². The summed E-state index contributed by atoms with van der Waals surface area (Å²) in [6, 6.07) is 5.94. The molecule has 2 N–H and O–H groups in total. The van der Waals surface area contributed by atoms with Gasteiger partial charge in [-0.25, -0.2) is 4.79 Å². The summed E-state index contributed by atoms with van der Waals surface area (Å²) in [5.41, 5.74) is 0.457. The van der Waals surface area contributed by atoms with Gasteiger partial charge in [0.2, 0.25) is 0 Å². The second-order valence-electron chi connectivity index (χ2n) is 5.12. The Morgan fingerprint density at radius 3 is 2.86 bits per heavy atom. The Morgan fingerprint density at radius 1 is 1.52 bits per heavy atom. The predicted molar refractivity (Wildman–Crippen MR) is 78.7 cm³/mol. The fraction of sp³-hybridized carbons (Fsp3) is 0.500. The number of alkyl halides is 2. The molecule has 1 unspecified atom stereocenters. The fourth-order valence-electron chi connectivity index (χ4n) is 1.96. The number of aliphatic hydroxyl groups is 1. The molecule has 7 heteroatoms. The summed E-state index contributed by atoms with van der Waals surface area (Å²) in [6.07, 6.45) is 1.51. The number of rotatable bonds is 6. The van der Waals surface area contributed by atoms with Crippen molar-refractivity contribution in [1.29, 1.82) is 0 Å². The molecule has 1 aromatic carbocycles. The van der Waals surface area contributed by atoms with Gasteiger partial charge in [-0.2, -0.15) is 8.78 Å². The smallest absolute Gasteiger partial charge is 0.321 e. The van der Waals surface area contributed by atoms with Crippen LogP contribution in [-0.2, 0) is 0 Å². The second kappa shape index (κ2) is 7.09. The molecule has 2 rings (SSSR count). The average molecular weight is 316 g/mol. The Morgan fingerprint density at radius 2 is 2.24 bits per heavy atom. The molecule has 4 nitrogen and oxygen atoms in total. The quantitative estimate of drug-likeness (QED) is 0.792. The topological polar surface area (TPSA) is 52.6 Å². The number of hydrogen-bond acceptors (Lipinski definition) is 3. The largest absolute Gasteiger partial charge is 0.391 e. The van der Waals surface area contributed by atoms with Gasteiger partial charge in [-0.15, -0.1) is 0 Å². The molecule has 0 aliphatic heterocycles. The van der Waals surface area contributed by atoms with Gasteiger partial charge < -0.3 is 15.3 Å². The summed E-state index contributed by atoms with van der Waals surface area (Å²) in [5, 5.41) is 12.4. The summed E-state index contributed by atoms with van der Waals surface area (Å²) in [6.45, 7) is 0.266. The van der Waals surface area contributed by atoms with Gasteiger partial charge in [-0.05, 0) is 37.0 Å². The van der Waals surface area contributed by atoms with E-state index >= 15 is 0 Å². The van der Waals surface area contributed by atoms with Gasteiger partial charge in [-0.3, -0.25) is 0 Å². The lowest BCUT2D eigenvalue weighted by atomic mass is 10.2. The summed E-state index contributed by atoms with van der Waals surface area (Å²) in [5.74, 6) is -2.20. The molecule has 1 fully saturated rings. The Labute approximate surface area is 126 Å². The molecule has 0 saturated heterocycles. The van der Waals surface area contributed by atoms with Crippen LogP contribution in [0.5, 0.6) is 0 Å². The monoisotopic (exact) mass is 316 g/mol. The van der Waals surface area contributed by atoms with Gasteiger partial charge in [0, 0.05) is 24.2 Å². The minimum atomic E-state index is -2.49. The predicted octanol–water partition coefficient (Wildman–Crippen LogP) is 3.24. The van der Waals surface area contributed by atoms with E-state index in [0.717, 1.165) is 12.8 Å². The lowest BCUT2D eigenvalue weighted by Gasteiger charge is -2.21. The molecule has 1 atom stereocenters. The van der Waals surface area contributed by atoms with E-state index in [1.807, 2.05) is 0 Å². The van der Waals surface area contributed by atoms with E-state index in [0.29, 0.717) is 28.3 Å². The van der Waals surface area contributed by atoms with Gasteiger partial charge >= 0.3 is 6.03 Å². The first kappa shape index (κ1) is 16.0. The van der Waals surface area contributed by atoms with Crippen LogP contribution in [0.25, 0.3) is 0 Å². The third kappa shape index (κ3) is 5.17. The number of carbonyl (C=O) groups excluding carboxylic acids is 1. The summed E-state index contributed by atoms with van der Waals surface area (Å²) >= 11 is 0.433. The molecule has 21 heavy (non-hydrogen) atoms. The van der Waals surface area contributed by atoms with Gasteiger partial charge in [0.05, 0.1) is 6.10 Å². The minimum Gasteiger partial charge on any atom is -0.391 e. The number of nitrogens with one attached hydrogen (secondary N) is 1. The lowest BCUT2D eigenvalue weighted by molar-refractivity contribution is 0.117. The lowest BCUT2D eigenvalue weighted by Crippen LogP contribution is -2.38. The van der Waals surface area contributed by atoms with Crippen LogP contribution in [0.3, 0.4) is 0 Å². The van der Waals surface area contributed by atoms with E-state index < -0.39 is 11.9 Å². The number of thioether (sulfide) groups is 1. The molecule has 2 amide bonds. The number of anilines is 1. The normalized spacial score (nSPS) is 15.9. The number of nitrogens with zero attached hydrogens (tertiary/aromatic N) is 1. The van der Waals surface area contributed by atoms with E-state index in [-0.39, 0.29) is 12.6 Å². The van der Waals surface area contributed by atoms with Gasteiger partial charge in [0.25, 0.3) is 5.76 Å². The minimum absolute atomic E-state index is 0.266. The molecule has 116 valence electrons. The first-order valence-corrected chi connectivity index (χ1v) is 7.58. The van der Waals surface area contributed by atoms with Crippen molar-refractivity contribution < 1.29 is 18.7 Å². The number of halogens is 2. The molecule has 0 bridgehead atoms. The fourth-order valence-corrected chi connectivity index (χ4v) is 2.52. The highest BCUT2D eigenvalue weighted by Crippen LogP contribution is 2.32. The van der Waals surface area contributed by atoms with E-state index in [1.165, 1.54) is 11.0 Å². The summed E-state index contributed by atoms with van der Waals surface area (Å²) in [7, 11) is 1.60. The molecule has 1 aromatic rings. The van der Waals surface area contributed by atoms with Crippen molar-refractivity contribution >= 4 is 23.5 Å². The third-order valence-electron chi connectivity index (χ3n) is 3.28. The van der Waals surface area contributed by atoms with Crippen LogP contribution in [0.4, 0.5) is 19.3 Å². The Bertz CT molecular complexity index is 498. The Balaban J connectivity index is 1.88. The Kier molecular flexibility index (Phi) is 5.41. The Hall–Kier alpha value is -1.34. The first-order chi connectivity index (χ1) is 9.95. The molecule has 1 saturated carbocycles. The van der Waals surface area contributed by atoms with E-state index in [2.05, 4.69) is 5.32 Å². The number of likely N-dealkylation sites (N-methyl/N-ethyl adjacent to an activating group) is 1. The van der Waals surface area contributed by atoms with Crippen molar-refractivity contribution in [3.8, 4) is 0 Å². The highest BCUT2D eigenvalue weighted by atomic mass is 32.2. The maximum atomic E-state index is 12.3. The highest BCUT2D eigenvalue weighted by molar-refractivity contribution is 7.99. The number of carbonyl (C=O) groups is 1. The SMILES string of the molecule is CN(CC(O)C1CC1)C(=O)Nc1cccc(SC(F)F)c1. The van der Waals surface area contributed by atoms with Crippen molar-refractivity contribution in [2.75, 3.05) is 18.9 Å². The average Bonchev–Trinajstić information content (AvgIpc) is 3.22. The number of aliphatic hydroxyl groups excluding tert-OH is 1. The molecular formula is C14H18F2N2O2S. The molecule has 1 aliphatic carbocycles. The summed E-state index contributed by atoms with van der Waals surface area (Å²) < 4.78 is 24.6. The molecule has 0 spiro atoms. The number of hydrogen-bond donors (Lipinski definition) is 2. The van der Waals surface area contributed by atoms with Crippen LogP contribution in [-0.4, -0.2) is 41.5 Å². The zero-order valence-corrected chi connectivity index (χ0v) is 12.4. The third-order valence-corrected chi connectivity index (χ3v) is 3.99.